The van der Waals surface area contributed by atoms with Gasteiger partial charge in [-0.25, -0.2) is 5.01 Å². The number of thiocarbonyl (C=S) groups is 1. The number of piperazine rings is 1. The Morgan fingerprint density at radius 1 is 1.26 bits per heavy atom. The molecule has 0 unspecified atom stereocenters. The van der Waals surface area contributed by atoms with Crippen molar-refractivity contribution in [2.24, 2.45) is 0 Å². The fourth-order valence-electron chi connectivity index (χ4n) is 2.57. The smallest absolute Gasteiger partial charge is 0.266 e. The molecule has 1 aromatic rings. The standard InChI is InChI=1S/C16H15Cl3N4O2S2/c17-10-1-2-11(18)14(19)9(10)7-12-15(25)23(16(26)27-12)8-13(24)21-22-5-3-20-4-6-22/h1-2,7,20H,3-6,8H2,(H,21,24)/b12-7-. The normalized spacial score (nSPS) is 19.8. The first kappa shape index (κ1) is 20.9. The van der Waals surface area contributed by atoms with E-state index >= 15 is 0 Å². The molecule has 0 radical (unpaired) electrons. The van der Waals surface area contributed by atoms with Crippen LogP contribution in [0.5, 0.6) is 0 Å². The highest BCUT2D eigenvalue weighted by Crippen LogP contribution is 2.37. The van der Waals surface area contributed by atoms with E-state index in [1.165, 1.54) is 4.90 Å². The van der Waals surface area contributed by atoms with Gasteiger partial charge in [-0.2, -0.15) is 0 Å². The van der Waals surface area contributed by atoms with Gasteiger partial charge in [0.25, 0.3) is 11.8 Å². The summed E-state index contributed by atoms with van der Waals surface area (Å²) >= 11 is 24.7. The Morgan fingerprint density at radius 2 is 1.93 bits per heavy atom. The minimum Gasteiger partial charge on any atom is -0.314 e. The average Bonchev–Trinajstić information content (AvgIpc) is 2.90. The second kappa shape index (κ2) is 9.09. The Labute approximate surface area is 181 Å². The Balaban J connectivity index is 1.71. The van der Waals surface area contributed by atoms with Crippen LogP contribution in [0.4, 0.5) is 0 Å². The summed E-state index contributed by atoms with van der Waals surface area (Å²) in [6.45, 7) is 2.85. The molecule has 3 rings (SSSR count). The van der Waals surface area contributed by atoms with Crippen molar-refractivity contribution in [3.05, 3.63) is 37.7 Å². The van der Waals surface area contributed by atoms with Crippen LogP contribution in [-0.2, 0) is 9.59 Å². The summed E-state index contributed by atoms with van der Waals surface area (Å²) in [7, 11) is 0. The number of carbonyl (C=O) groups excluding carboxylic acids is 2. The van der Waals surface area contributed by atoms with Crippen LogP contribution in [0.15, 0.2) is 17.0 Å². The van der Waals surface area contributed by atoms with Crippen molar-refractivity contribution in [3.8, 4) is 0 Å². The minimum absolute atomic E-state index is 0.150. The molecule has 2 saturated heterocycles. The number of amides is 2. The number of halogens is 3. The number of thioether (sulfide) groups is 1. The highest BCUT2D eigenvalue weighted by molar-refractivity contribution is 8.26. The summed E-state index contributed by atoms with van der Waals surface area (Å²) in [6, 6.07) is 3.18. The molecule has 27 heavy (non-hydrogen) atoms. The van der Waals surface area contributed by atoms with E-state index in [1.54, 1.807) is 18.2 Å². The van der Waals surface area contributed by atoms with Crippen LogP contribution in [0, 0.1) is 0 Å². The van der Waals surface area contributed by atoms with Gasteiger partial charge in [0.1, 0.15) is 10.9 Å². The predicted octanol–water partition coefficient (Wildman–Crippen LogP) is 2.78. The van der Waals surface area contributed by atoms with E-state index in [0.717, 1.165) is 24.9 Å². The second-order valence-electron chi connectivity index (χ2n) is 5.80. The summed E-state index contributed by atoms with van der Waals surface area (Å²) in [4.78, 5) is 26.5. The molecule has 0 spiro atoms. The summed E-state index contributed by atoms with van der Waals surface area (Å²) in [5.74, 6) is -0.666. The maximum absolute atomic E-state index is 12.7. The molecule has 0 bridgehead atoms. The molecule has 2 N–H and O–H groups in total. The fourth-order valence-corrected chi connectivity index (χ4v) is 4.46. The van der Waals surface area contributed by atoms with Gasteiger partial charge in [0.05, 0.1) is 15.0 Å². The predicted molar refractivity (Wildman–Crippen MR) is 114 cm³/mol. The first-order valence-electron chi connectivity index (χ1n) is 8.01. The van der Waals surface area contributed by atoms with Gasteiger partial charge in [0.15, 0.2) is 0 Å². The monoisotopic (exact) mass is 464 g/mol. The maximum Gasteiger partial charge on any atom is 0.266 e. The molecule has 6 nitrogen and oxygen atoms in total. The van der Waals surface area contributed by atoms with Gasteiger partial charge in [-0.05, 0) is 18.2 Å². The molecule has 2 heterocycles. The van der Waals surface area contributed by atoms with Crippen molar-refractivity contribution in [2.45, 2.75) is 0 Å². The maximum atomic E-state index is 12.7. The zero-order valence-corrected chi connectivity index (χ0v) is 17.8. The quantitative estimate of drug-likeness (QED) is 0.405. The molecule has 11 heteroatoms. The summed E-state index contributed by atoms with van der Waals surface area (Å²) < 4.78 is 0.302. The Kier molecular flexibility index (Phi) is 7.02. The number of rotatable bonds is 4. The Morgan fingerprint density at radius 3 is 2.63 bits per heavy atom. The third kappa shape index (κ3) is 4.95. The van der Waals surface area contributed by atoms with E-state index in [2.05, 4.69) is 10.7 Å². The zero-order valence-electron chi connectivity index (χ0n) is 13.9. The van der Waals surface area contributed by atoms with Gasteiger partial charge in [0, 0.05) is 36.8 Å². The van der Waals surface area contributed by atoms with Crippen LogP contribution in [0.1, 0.15) is 5.56 Å². The van der Waals surface area contributed by atoms with Gasteiger partial charge in [-0.15, -0.1) is 0 Å². The van der Waals surface area contributed by atoms with Crippen LogP contribution in [0.3, 0.4) is 0 Å². The van der Waals surface area contributed by atoms with Crippen molar-refractivity contribution < 1.29 is 9.59 Å². The molecule has 144 valence electrons. The van der Waals surface area contributed by atoms with Crippen molar-refractivity contribution in [1.82, 2.24) is 20.7 Å². The number of hydrogen-bond donors (Lipinski definition) is 2. The molecule has 0 aromatic heterocycles. The topological polar surface area (TPSA) is 64.7 Å². The lowest BCUT2D eigenvalue weighted by atomic mass is 10.2. The summed E-state index contributed by atoms with van der Waals surface area (Å²) in [6.07, 6.45) is 1.55. The fraction of sp³-hybridized carbons (Fsp3) is 0.312. The van der Waals surface area contributed by atoms with Crippen LogP contribution in [0.2, 0.25) is 15.1 Å². The lowest BCUT2D eigenvalue weighted by molar-refractivity contribution is -0.131. The molecular weight excluding hydrogens is 451 g/mol. The van der Waals surface area contributed by atoms with E-state index in [4.69, 9.17) is 47.0 Å². The van der Waals surface area contributed by atoms with Crippen LogP contribution in [-0.4, -0.2) is 58.8 Å². The molecule has 0 saturated carbocycles. The average molecular weight is 466 g/mol. The van der Waals surface area contributed by atoms with Crippen molar-refractivity contribution in [2.75, 3.05) is 32.7 Å². The van der Waals surface area contributed by atoms with Gasteiger partial charge in [-0.1, -0.05) is 58.8 Å². The molecule has 2 amide bonds. The third-order valence-electron chi connectivity index (χ3n) is 3.93. The molecule has 2 aliphatic heterocycles. The molecule has 1 aromatic carbocycles. The summed E-state index contributed by atoms with van der Waals surface area (Å²) in [5.41, 5.74) is 3.23. The summed E-state index contributed by atoms with van der Waals surface area (Å²) in [5, 5.41) is 5.97. The first-order chi connectivity index (χ1) is 12.9. The molecule has 2 aliphatic rings. The lowest BCUT2D eigenvalue weighted by Gasteiger charge is -2.28. The minimum atomic E-state index is -0.368. The zero-order chi connectivity index (χ0) is 19.6. The van der Waals surface area contributed by atoms with Crippen LogP contribution in [0.25, 0.3) is 6.08 Å². The number of nitrogens with zero attached hydrogens (tertiary/aromatic N) is 2. The van der Waals surface area contributed by atoms with E-state index in [0.29, 0.717) is 37.9 Å². The SMILES string of the molecule is O=C(CN1C(=O)/C(=C/c2c(Cl)ccc(Cl)c2Cl)SC1=S)NN1CCNCC1. The molecule has 0 atom stereocenters. The van der Waals surface area contributed by atoms with Crippen molar-refractivity contribution in [3.63, 3.8) is 0 Å². The molecule has 2 fully saturated rings. The Hall–Kier alpha value is -0.870. The first-order valence-corrected chi connectivity index (χ1v) is 10.4. The van der Waals surface area contributed by atoms with Gasteiger partial charge < -0.3 is 5.32 Å². The third-order valence-corrected chi connectivity index (χ3v) is 6.46. The van der Waals surface area contributed by atoms with Gasteiger partial charge in [-0.3, -0.25) is 19.9 Å². The number of nitrogens with one attached hydrogen (secondary N) is 2. The number of carbonyl (C=O) groups is 2. The van der Waals surface area contributed by atoms with Crippen LogP contribution >= 0.6 is 58.8 Å². The molecular formula is C16H15Cl3N4O2S2. The van der Waals surface area contributed by atoms with E-state index < -0.39 is 0 Å². The Bertz CT molecular complexity index is 828. The number of benzene rings is 1. The molecule has 0 aliphatic carbocycles. The van der Waals surface area contributed by atoms with Gasteiger partial charge >= 0.3 is 0 Å². The van der Waals surface area contributed by atoms with E-state index in [-0.39, 0.29) is 23.4 Å². The van der Waals surface area contributed by atoms with Gasteiger partial charge in [0.2, 0.25) is 0 Å². The van der Waals surface area contributed by atoms with Crippen molar-refractivity contribution in [1.29, 1.82) is 0 Å². The van der Waals surface area contributed by atoms with E-state index in [1.807, 2.05) is 5.01 Å². The second-order valence-corrected chi connectivity index (χ2v) is 8.66. The lowest BCUT2D eigenvalue weighted by Crippen LogP contribution is -2.54. The highest BCUT2D eigenvalue weighted by Gasteiger charge is 2.34. The number of hydrogen-bond acceptors (Lipinski definition) is 6. The van der Waals surface area contributed by atoms with Crippen LogP contribution < -0.4 is 10.7 Å². The van der Waals surface area contributed by atoms with Crippen molar-refractivity contribution >= 4 is 81.0 Å². The highest BCUT2D eigenvalue weighted by atomic mass is 35.5. The number of hydrazine groups is 1. The largest absolute Gasteiger partial charge is 0.314 e. The van der Waals surface area contributed by atoms with E-state index in [9.17, 15) is 9.59 Å².